The van der Waals surface area contributed by atoms with Crippen LogP contribution in [0, 0.1) is 19.8 Å². The van der Waals surface area contributed by atoms with E-state index >= 15 is 0 Å². The van der Waals surface area contributed by atoms with E-state index in [1.165, 1.54) is 5.56 Å². The van der Waals surface area contributed by atoms with E-state index in [9.17, 15) is 9.59 Å². The molecular weight excluding hydrogens is 300 g/mol. The number of rotatable bonds is 3. The minimum Gasteiger partial charge on any atom is -0.315 e. The quantitative estimate of drug-likeness (QED) is 0.813. The molecule has 1 fully saturated rings. The van der Waals surface area contributed by atoms with E-state index in [-0.39, 0.29) is 11.8 Å². The van der Waals surface area contributed by atoms with Gasteiger partial charge in [0, 0.05) is 25.0 Å². The molecule has 1 unspecified atom stereocenters. The van der Waals surface area contributed by atoms with Crippen molar-refractivity contribution in [2.75, 3.05) is 23.4 Å². The van der Waals surface area contributed by atoms with Gasteiger partial charge in [0.1, 0.15) is 5.92 Å². The van der Waals surface area contributed by atoms with E-state index in [4.69, 9.17) is 0 Å². The highest BCUT2D eigenvalue weighted by atomic mass is 16.2. The van der Waals surface area contributed by atoms with Crippen molar-refractivity contribution in [3.8, 4) is 0 Å². The highest BCUT2D eigenvalue weighted by Gasteiger charge is 2.39. The smallest absolute Gasteiger partial charge is 0.239 e. The highest BCUT2D eigenvalue weighted by Crippen LogP contribution is 2.30. The Morgan fingerprint density at radius 1 is 1.12 bits per heavy atom. The van der Waals surface area contributed by atoms with Crippen LogP contribution >= 0.6 is 0 Å². The zero-order valence-electron chi connectivity index (χ0n) is 14.3. The highest BCUT2D eigenvalue weighted by molar-refractivity contribution is 6.14. The van der Waals surface area contributed by atoms with Gasteiger partial charge in [0.05, 0.1) is 0 Å². The molecule has 4 nitrogen and oxygen atoms in total. The fraction of sp³-hybridized carbons (Fsp3) is 0.300. The largest absolute Gasteiger partial charge is 0.315 e. The molecule has 4 heteroatoms. The van der Waals surface area contributed by atoms with Crippen LogP contribution in [0.25, 0.3) is 0 Å². The fourth-order valence-electron chi connectivity index (χ4n) is 3.27. The molecule has 1 aliphatic heterocycles. The summed E-state index contributed by atoms with van der Waals surface area (Å²) in [5.74, 6) is -0.843. The van der Waals surface area contributed by atoms with E-state index in [1.54, 1.807) is 16.8 Å². The molecular formula is C20H22N2O2. The lowest BCUT2D eigenvalue weighted by Crippen LogP contribution is -2.38. The topological polar surface area (TPSA) is 40.6 Å². The van der Waals surface area contributed by atoms with Gasteiger partial charge < -0.3 is 9.80 Å². The molecule has 0 aromatic heterocycles. The summed E-state index contributed by atoms with van der Waals surface area (Å²) in [5, 5.41) is 0. The first-order valence-electron chi connectivity index (χ1n) is 8.20. The lowest BCUT2D eigenvalue weighted by molar-refractivity contribution is -0.130. The predicted molar refractivity (Wildman–Crippen MR) is 96.2 cm³/mol. The average molecular weight is 322 g/mol. The standard InChI is InChI=1S/C20H22N2O2/c1-14-9-10-18(15(2)13-14)22-12-11-17(20(22)24)19(23)21(3)16-7-5-4-6-8-16/h4-10,13,17H,11-12H2,1-3H3. The van der Waals surface area contributed by atoms with Crippen molar-refractivity contribution in [2.24, 2.45) is 5.92 Å². The summed E-state index contributed by atoms with van der Waals surface area (Å²) in [7, 11) is 1.73. The molecule has 0 N–H and O–H groups in total. The summed E-state index contributed by atoms with van der Waals surface area (Å²) in [6.45, 7) is 4.62. The maximum absolute atomic E-state index is 12.8. The number of hydrogen-bond acceptors (Lipinski definition) is 2. The van der Waals surface area contributed by atoms with Gasteiger partial charge in [-0.05, 0) is 44.0 Å². The SMILES string of the molecule is Cc1ccc(N2CCC(C(=O)N(C)c3ccccc3)C2=O)c(C)c1. The molecule has 2 aromatic rings. The number of hydrogen-bond donors (Lipinski definition) is 0. The Balaban J connectivity index is 1.80. The summed E-state index contributed by atoms with van der Waals surface area (Å²) in [4.78, 5) is 28.9. The predicted octanol–water partition coefficient (Wildman–Crippen LogP) is 3.32. The molecule has 0 radical (unpaired) electrons. The van der Waals surface area contributed by atoms with Crippen LogP contribution in [0.5, 0.6) is 0 Å². The molecule has 0 saturated carbocycles. The molecule has 1 atom stereocenters. The van der Waals surface area contributed by atoms with Crippen LogP contribution in [-0.4, -0.2) is 25.4 Å². The number of anilines is 2. The Kier molecular flexibility index (Phi) is 4.38. The van der Waals surface area contributed by atoms with Crippen LogP contribution < -0.4 is 9.80 Å². The molecule has 1 heterocycles. The Labute approximate surface area is 142 Å². The number of para-hydroxylation sites is 1. The average Bonchev–Trinajstić information content (AvgIpc) is 2.96. The third-order valence-electron chi connectivity index (χ3n) is 4.62. The zero-order chi connectivity index (χ0) is 17.3. The van der Waals surface area contributed by atoms with Gasteiger partial charge in [-0.2, -0.15) is 0 Å². The monoisotopic (exact) mass is 322 g/mol. The number of benzene rings is 2. The Morgan fingerprint density at radius 3 is 2.50 bits per heavy atom. The fourth-order valence-corrected chi connectivity index (χ4v) is 3.27. The first kappa shape index (κ1) is 16.2. The maximum Gasteiger partial charge on any atom is 0.239 e. The Bertz CT molecular complexity index is 770. The van der Waals surface area contributed by atoms with Gasteiger partial charge in [0.2, 0.25) is 11.8 Å². The van der Waals surface area contributed by atoms with Crippen molar-refractivity contribution in [1.29, 1.82) is 0 Å². The van der Waals surface area contributed by atoms with Crippen molar-refractivity contribution in [3.63, 3.8) is 0 Å². The number of carbonyl (C=O) groups excluding carboxylic acids is 2. The molecule has 0 bridgehead atoms. The molecule has 124 valence electrons. The molecule has 0 spiro atoms. The minimum atomic E-state index is -0.601. The van der Waals surface area contributed by atoms with E-state index in [1.807, 2.05) is 56.3 Å². The van der Waals surface area contributed by atoms with Gasteiger partial charge in [-0.15, -0.1) is 0 Å². The second-order valence-electron chi connectivity index (χ2n) is 6.35. The van der Waals surface area contributed by atoms with E-state index in [0.717, 1.165) is 16.9 Å². The molecule has 24 heavy (non-hydrogen) atoms. The molecule has 1 saturated heterocycles. The molecule has 0 aliphatic carbocycles. The van der Waals surface area contributed by atoms with Crippen molar-refractivity contribution in [2.45, 2.75) is 20.3 Å². The van der Waals surface area contributed by atoms with Gasteiger partial charge in [-0.3, -0.25) is 9.59 Å². The first-order valence-corrected chi connectivity index (χ1v) is 8.20. The maximum atomic E-state index is 12.8. The van der Waals surface area contributed by atoms with Gasteiger partial charge in [-0.25, -0.2) is 0 Å². The normalized spacial score (nSPS) is 17.2. The number of aryl methyl sites for hydroxylation is 2. The van der Waals surface area contributed by atoms with Crippen molar-refractivity contribution in [1.82, 2.24) is 0 Å². The van der Waals surface area contributed by atoms with Crippen LogP contribution in [-0.2, 0) is 9.59 Å². The van der Waals surface area contributed by atoms with Gasteiger partial charge >= 0.3 is 0 Å². The molecule has 1 aliphatic rings. The Morgan fingerprint density at radius 2 is 1.83 bits per heavy atom. The second kappa shape index (κ2) is 6.48. The molecule has 2 amide bonds. The zero-order valence-corrected chi connectivity index (χ0v) is 14.3. The van der Waals surface area contributed by atoms with E-state index < -0.39 is 5.92 Å². The summed E-state index contributed by atoms with van der Waals surface area (Å²) in [5.41, 5.74) is 3.94. The summed E-state index contributed by atoms with van der Waals surface area (Å²) in [6, 6.07) is 15.5. The van der Waals surface area contributed by atoms with Crippen LogP contribution in [0.15, 0.2) is 48.5 Å². The number of amides is 2. The van der Waals surface area contributed by atoms with E-state index in [0.29, 0.717) is 13.0 Å². The first-order chi connectivity index (χ1) is 11.5. The number of nitrogens with zero attached hydrogens (tertiary/aromatic N) is 2. The van der Waals surface area contributed by atoms with Gasteiger partial charge in [0.15, 0.2) is 0 Å². The second-order valence-corrected chi connectivity index (χ2v) is 6.35. The van der Waals surface area contributed by atoms with Crippen molar-refractivity contribution in [3.05, 3.63) is 59.7 Å². The molecule has 2 aromatic carbocycles. The summed E-state index contributed by atoms with van der Waals surface area (Å²) in [6.07, 6.45) is 0.558. The third kappa shape index (κ3) is 2.92. The lowest BCUT2D eigenvalue weighted by atomic mass is 10.1. The summed E-state index contributed by atoms with van der Waals surface area (Å²) < 4.78 is 0. The van der Waals surface area contributed by atoms with Crippen LogP contribution in [0.4, 0.5) is 11.4 Å². The van der Waals surface area contributed by atoms with Crippen LogP contribution in [0.3, 0.4) is 0 Å². The lowest BCUT2D eigenvalue weighted by Gasteiger charge is -2.22. The number of carbonyl (C=O) groups is 2. The van der Waals surface area contributed by atoms with Gasteiger partial charge in [0.25, 0.3) is 0 Å². The Hall–Kier alpha value is -2.62. The van der Waals surface area contributed by atoms with Crippen molar-refractivity contribution < 1.29 is 9.59 Å². The third-order valence-corrected chi connectivity index (χ3v) is 4.62. The minimum absolute atomic E-state index is 0.102. The van der Waals surface area contributed by atoms with Crippen LogP contribution in [0.1, 0.15) is 17.5 Å². The van der Waals surface area contributed by atoms with E-state index in [2.05, 4.69) is 6.07 Å². The van der Waals surface area contributed by atoms with Crippen LogP contribution in [0.2, 0.25) is 0 Å². The van der Waals surface area contributed by atoms with Gasteiger partial charge in [-0.1, -0.05) is 35.9 Å². The van der Waals surface area contributed by atoms with Crippen molar-refractivity contribution >= 4 is 23.2 Å². The summed E-state index contributed by atoms with van der Waals surface area (Å²) >= 11 is 0. The molecule has 3 rings (SSSR count).